The van der Waals surface area contributed by atoms with E-state index >= 15 is 0 Å². The van der Waals surface area contributed by atoms with Crippen molar-refractivity contribution < 1.29 is 14.7 Å². The number of carboxylic acids is 1. The van der Waals surface area contributed by atoms with E-state index < -0.39 is 5.97 Å². The van der Waals surface area contributed by atoms with Crippen LogP contribution in [0.15, 0.2) is 60.9 Å². The lowest BCUT2D eigenvalue weighted by molar-refractivity contribution is -0.137. The maximum absolute atomic E-state index is 13.0. The standard InChI is InChI=1S/C25H30N2O3/c28-23(29)11-4-2-1-3-10-22-18-12-13-19(16-18)24(22)26-25(30)20-8-7-9-21(17-20)27-14-5-6-15-27/h1,3,5-9,14-15,17-19,22,24H,2,4,10-13,16H2,(H,26,30)(H,28,29)/b3-1-/t18-,19?,22-,24-/m1/s1. The van der Waals surface area contributed by atoms with Gasteiger partial charge in [-0.1, -0.05) is 18.2 Å². The molecule has 0 spiro atoms. The summed E-state index contributed by atoms with van der Waals surface area (Å²) in [4.78, 5) is 23.6. The zero-order valence-corrected chi connectivity index (χ0v) is 17.2. The molecule has 1 aromatic heterocycles. The summed E-state index contributed by atoms with van der Waals surface area (Å²) in [6.07, 6.45) is 14.6. The van der Waals surface area contributed by atoms with Crippen LogP contribution in [0.25, 0.3) is 5.69 Å². The first kappa shape index (κ1) is 20.5. The molecule has 30 heavy (non-hydrogen) atoms. The van der Waals surface area contributed by atoms with E-state index in [0.29, 0.717) is 29.7 Å². The molecule has 2 aliphatic carbocycles. The number of amides is 1. The molecule has 4 atom stereocenters. The van der Waals surface area contributed by atoms with Gasteiger partial charge in [-0.2, -0.15) is 0 Å². The van der Waals surface area contributed by atoms with Gasteiger partial charge in [0.25, 0.3) is 5.91 Å². The Hall–Kier alpha value is -2.82. The van der Waals surface area contributed by atoms with Gasteiger partial charge in [0.05, 0.1) is 0 Å². The Balaban J connectivity index is 1.37. The number of hydrogen-bond donors (Lipinski definition) is 2. The minimum Gasteiger partial charge on any atom is -0.481 e. The summed E-state index contributed by atoms with van der Waals surface area (Å²) < 4.78 is 2.01. The van der Waals surface area contributed by atoms with Crippen LogP contribution in [0, 0.1) is 17.8 Å². The van der Waals surface area contributed by atoms with E-state index in [9.17, 15) is 9.59 Å². The number of aromatic nitrogens is 1. The fourth-order valence-electron chi connectivity index (χ4n) is 5.27. The van der Waals surface area contributed by atoms with Crippen LogP contribution in [0.4, 0.5) is 0 Å². The van der Waals surface area contributed by atoms with Crippen LogP contribution < -0.4 is 5.32 Å². The highest BCUT2D eigenvalue weighted by atomic mass is 16.4. The summed E-state index contributed by atoms with van der Waals surface area (Å²) in [7, 11) is 0. The highest BCUT2D eigenvalue weighted by Crippen LogP contribution is 2.50. The van der Waals surface area contributed by atoms with Crippen molar-refractivity contribution in [3.05, 3.63) is 66.5 Å². The van der Waals surface area contributed by atoms with Gasteiger partial charge in [-0.25, -0.2) is 0 Å². The number of nitrogens with one attached hydrogen (secondary N) is 1. The Morgan fingerprint density at radius 3 is 2.70 bits per heavy atom. The molecule has 2 aromatic rings. The second kappa shape index (κ2) is 9.33. The number of benzene rings is 1. The molecule has 1 unspecified atom stereocenters. The molecule has 1 heterocycles. The molecular formula is C25H30N2O3. The molecule has 158 valence electrons. The molecule has 2 aliphatic rings. The average molecular weight is 407 g/mol. The van der Waals surface area contributed by atoms with Crippen LogP contribution in [0.3, 0.4) is 0 Å². The number of aliphatic carboxylic acids is 1. The predicted octanol–water partition coefficient (Wildman–Crippen LogP) is 4.82. The number of unbranched alkanes of at least 4 members (excludes halogenated alkanes) is 1. The molecule has 4 rings (SSSR count). The van der Waals surface area contributed by atoms with E-state index in [1.807, 2.05) is 53.4 Å². The van der Waals surface area contributed by atoms with Crippen LogP contribution >= 0.6 is 0 Å². The van der Waals surface area contributed by atoms with E-state index in [1.54, 1.807) is 0 Å². The number of carbonyl (C=O) groups is 2. The normalized spacial score (nSPS) is 25.1. The number of carboxylic acid groups (broad SMARTS) is 1. The molecule has 0 aliphatic heterocycles. The lowest BCUT2D eigenvalue weighted by Crippen LogP contribution is -2.43. The van der Waals surface area contributed by atoms with Gasteiger partial charge in [0.1, 0.15) is 0 Å². The third-order valence-electron chi connectivity index (χ3n) is 6.73. The number of fused-ring (bicyclic) bond motifs is 2. The lowest BCUT2D eigenvalue weighted by atomic mass is 9.82. The number of nitrogens with zero attached hydrogens (tertiary/aromatic N) is 1. The topological polar surface area (TPSA) is 71.3 Å². The van der Waals surface area contributed by atoms with Crippen LogP contribution in [-0.4, -0.2) is 27.6 Å². The molecule has 2 bridgehead atoms. The highest BCUT2D eigenvalue weighted by Gasteiger charge is 2.47. The number of allylic oxidation sites excluding steroid dienone is 2. The zero-order valence-electron chi connectivity index (χ0n) is 17.2. The Labute approximate surface area is 177 Å². The SMILES string of the molecule is O=C(O)CCC/C=C\C[C@@H]1[C@@H]2CCC(C2)[C@H]1NC(=O)c1cccc(-n2cccc2)c1. The van der Waals surface area contributed by atoms with Crippen LogP contribution in [-0.2, 0) is 4.79 Å². The Morgan fingerprint density at radius 2 is 1.90 bits per heavy atom. The van der Waals surface area contributed by atoms with Crippen LogP contribution in [0.2, 0.25) is 0 Å². The Morgan fingerprint density at radius 1 is 1.10 bits per heavy atom. The maximum Gasteiger partial charge on any atom is 0.303 e. The Kier molecular flexibility index (Phi) is 6.36. The summed E-state index contributed by atoms with van der Waals surface area (Å²) >= 11 is 0. The molecule has 0 radical (unpaired) electrons. The van der Waals surface area contributed by atoms with Gasteiger partial charge in [0.2, 0.25) is 0 Å². The fraction of sp³-hybridized carbons (Fsp3) is 0.440. The third-order valence-corrected chi connectivity index (χ3v) is 6.73. The molecule has 5 nitrogen and oxygen atoms in total. The van der Waals surface area contributed by atoms with Gasteiger partial charge in [0, 0.05) is 36.1 Å². The second-order valence-electron chi connectivity index (χ2n) is 8.63. The number of hydrogen-bond acceptors (Lipinski definition) is 2. The van der Waals surface area contributed by atoms with Crippen molar-refractivity contribution in [3.63, 3.8) is 0 Å². The van der Waals surface area contributed by atoms with Crippen LogP contribution in [0.1, 0.15) is 55.3 Å². The molecule has 1 amide bonds. The molecule has 0 saturated heterocycles. The minimum absolute atomic E-state index is 0.0111. The zero-order chi connectivity index (χ0) is 20.9. The van der Waals surface area contributed by atoms with Gasteiger partial charge in [-0.05, 0) is 86.6 Å². The van der Waals surface area contributed by atoms with Crippen molar-refractivity contribution in [2.24, 2.45) is 17.8 Å². The summed E-state index contributed by atoms with van der Waals surface area (Å²) in [5.74, 6) is 1.03. The highest BCUT2D eigenvalue weighted by molar-refractivity contribution is 5.95. The second-order valence-corrected chi connectivity index (χ2v) is 8.63. The maximum atomic E-state index is 13.0. The van der Waals surface area contributed by atoms with E-state index in [1.165, 1.54) is 19.3 Å². The summed E-state index contributed by atoms with van der Waals surface area (Å²) in [6.45, 7) is 0. The van der Waals surface area contributed by atoms with Crippen molar-refractivity contribution in [2.45, 2.75) is 51.0 Å². The van der Waals surface area contributed by atoms with Crippen LogP contribution in [0.5, 0.6) is 0 Å². The van der Waals surface area contributed by atoms with Gasteiger partial charge >= 0.3 is 5.97 Å². The van der Waals surface area contributed by atoms with Crippen molar-refractivity contribution in [3.8, 4) is 5.69 Å². The van der Waals surface area contributed by atoms with Crippen molar-refractivity contribution in [1.29, 1.82) is 0 Å². The van der Waals surface area contributed by atoms with E-state index in [2.05, 4.69) is 17.5 Å². The summed E-state index contributed by atoms with van der Waals surface area (Å²) in [6, 6.07) is 11.9. The smallest absolute Gasteiger partial charge is 0.303 e. The largest absolute Gasteiger partial charge is 0.481 e. The first-order valence-electron chi connectivity index (χ1n) is 11.0. The first-order valence-corrected chi connectivity index (χ1v) is 11.0. The summed E-state index contributed by atoms with van der Waals surface area (Å²) in [5.41, 5.74) is 1.69. The third kappa shape index (κ3) is 4.66. The monoisotopic (exact) mass is 406 g/mol. The summed E-state index contributed by atoms with van der Waals surface area (Å²) in [5, 5.41) is 12.1. The molecule has 5 heteroatoms. The van der Waals surface area contributed by atoms with Crippen molar-refractivity contribution in [1.82, 2.24) is 9.88 Å². The fourth-order valence-corrected chi connectivity index (χ4v) is 5.27. The lowest BCUT2D eigenvalue weighted by Gasteiger charge is -2.31. The van der Waals surface area contributed by atoms with Gasteiger partial charge in [-0.15, -0.1) is 0 Å². The Bertz CT molecular complexity index is 903. The molecule has 2 saturated carbocycles. The van der Waals surface area contributed by atoms with E-state index in [-0.39, 0.29) is 18.4 Å². The van der Waals surface area contributed by atoms with Gasteiger partial charge < -0.3 is 15.0 Å². The minimum atomic E-state index is -0.736. The predicted molar refractivity (Wildman–Crippen MR) is 117 cm³/mol. The molecular weight excluding hydrogens is 376 g/mol. The van der Waals surface area contributed by atoms with Gasteiger partial charge in [0.15, 0.2) is 0 Å². The molecule has 1 aromatic carbocycles. The quantitative estimate of drug-likeness (QED) is 0.463. The van der Waals surface area contributed by atoms with Crippen molar-refractivity contribution >= 4 is 11.9 Å². The molecule has 2 fully saturated rings. The van der Waals surface area contributed by atoms with Crippen molar-refractivity contribution in [2.75, 3.05) is 0 Å². The molecule has 2 N–H and O–H groups in total. The first-order chi connectivity index (χ1) is 14.6. The van der Waals surface area contributed by atoms with E-state index in [0.717, 1.165) is 18.5 Å². The number of carbonyl (C=O) groups excluding carboxylic acids is 1. The number of rotatable bonds is 9. The van der Waals surface area contributed by atoms with E-state index in [4.69, 9.17) is 5.11 Å². The average Bonchev–Trinajstić information content (AvgIpc) is 3.49. The van der Waals surface area contributed by atoms with Gasteiger partial charge in [-0.3, -0.25) is 9.59 Å².